The van der Waals surface area contributed by atoms with Crippen LogP contribution in [0, 0.1) is 11.3 Å². The number of nitrogens with zero attached hydrogens (tertiary/aromatic N) is 3. The van der Waals surface area contributed by atoms with Gasteiger partial charge in [-0.3, -0.25) is 4.90 Å². The summed E-state index contributed by atoms with van der Waals surface area (Å²) in [5.74, 6) is 0. The zero-order chi connectivity index (χ0) is 12.3. The molecule has 2 heterocycles. The predicted molar refractivity (Wildman–Crippen MR) is 57.8 cm³/mol. The standard InChI is InChI=1S/C10H11F2N3OS/c11-10(12)8-9(17-6-14-8)7(5-13)15-1-3-16-4-2-15/h6-7,10H,1-4H2. The highest BCUT2D eigenvalue weighted by Gasteiger charge is 2.29. The Bertz CT molecular complexity index is 412. The van der Waals surface area contributed by atoms with Crippen LogP contribution in [0.1, 0.15) is 23.0 Å². The van der Waals surface area contributed by atoms with Crippen molar-refractivity contribution in [3.63, 3.8) is 0 Å². The molecule has 0 aromatic carbocycles. The fraction of sp³-hybridized carbons (Fsp3) is 0.600. The van der Waals surface area contributed by atoms with Crippen molar-refractivity contribution in [2.75, 3.05) is 26.3 Å². The average Bonchev–Trinajstić information content (AvgIpc) is 2.81. The lowest BCUT2D eigenvalue weighted by molar-refractivity contribution is 0.0264. The Labute approximate surface area is 101 Å². The fourth-order valence-corrected chi connectivity index (χ4v) is 2.65. The summed E-state index contributed by atoms with van der Waals surface area (Å²) in [7, 11) is 0. The summed E-state index contributed by atoms with van der Waals surface area (Å²) >= 11 is 1.11. The van der Waals surface area contributed by atoms with Gasteiger partial charge in [-0.1, -0.05) is 0 Å². The van der Waals surface area contributed by atoms with Gasteiger partial charge in [0.1, 0.15) is 11.7 Å². The molecule has 1 aliphatic heterocycles. The van der Waals surface area contributed by atoms with Gasteiger partial charge in [-0.25, -0.2) is 13.8 Å². The molecule has 1 atom stereocenters. The molecule has 1 saturated heterocycles. The quantitative estimate of drug-likeness (QED) is 0.832. The fourth-order valence-electron chi connectivity index (χ4n) is 1.77. The summed E-state index contributed by atoms with van der Waals surface area (Å²) in [6, 6.07) is 1.43. The molecule has 0 saturated carbocycles. The molecular weight excluding hydrogens is 248 g/mol. The summed E-state index contributed by atoms with van der Waals surface area (Å²) in [5.41, 5.74) is 1.09. The zero-order valence-electron chi connectivity index (χ0n) is 8.97. The number of aromatic nitrogens is 1. The van der Waals surface area contributed by atoms with Crippen molar-refractivity contribution < 1.29 is 13.5 Å². The number of nitriles is 1. The number of ether oxygens (including phenoxy) is 1. The lowest BCUT2D eigenvalue weighted by atomic mass is 10.2. The van der Waals surface area contributed by atoms with Crippen LogP contribution < -0.4 is 0 Å². The van der Waals surface area contributed by atoms with E-state index in [1.54, 1.807) is 0 Å². The van der Waals surface area contributed by atoms with E-state index in [2.05, 4.69) is 11.1 Å². The average molecular weight is 259 g/mol. The van der Waals surface area contributed by atoms with E-state index in [1.165, 1.54) is 5.51 Å². The largest absolute Gasteiger partial charge is 0.379 e. The van der Waals surface area contributed by atoms with E-state index in [9.17, 15) is 8.78 Å². The highest BCUT2D eigenvalue weighted by Crippen LogP contribution is 2.32. The van der Waals surface area contributed by atoms with Gasteiger partial charge in [0.25, 0.3) is 6.43 Å². The summed E-state index contributed by atoms with van der Waals surface area (Å²) < 4.78 is 30.6. The van der Waals surface area contributed by atoms with Gasteiger partial charge in [-0.05, 0) is 0 Å². The maximum atomic E-state index is 12.7. The second kappa shape index (κ2) is 5.49. The molecule has 0 bridgehead atoms. The third-order valence-electron chi connectivity index (χ3n) is 2.61. The van der Waals surface area contributed by atoms with Crippen LogP contribution in [0.3, 0.4) is 0 Å². The number of alkyl halides is 2. The van der Waals surface area contributed by atoms with Crippen LogP contribution in [0.2, 0.25) is 0 Å². The van der Waals surface area contributed by atoms with Crippen molar-refractivity contribution in [3.8, 4) is 6.07 Å². The molecular formula is C10H11F2N3OS. The number of rotatable bonds is 3. The van der Waals surface area contributed by atoms with Gasteiger partial charge in [0.05, 0.1) is 29.7 Å². The molecule has 0 spiro atoms. The second-order valence-corrected chi connectivity index (χ2v) is 4.47. The highest BCUT2D eigenvalue weighted by atomic mass is 32.1. The van der Waals surface area contributed by atoms with Gasteiger partial charge in [0.2, 0.25) is 0 Å². The number of halogens is 2. The molecule has 1 aromatic heterocycles. The van der Waals surface area contributed by atoms with Gasteiger partial charge >= 0.3 is 0 Å². The van der Waals surface area contributed by atoms with Gasteiger partial charge in [0, 0.05) is 13.1 Å². The van der Waals surface area contributed by atoms with E-state index in [4.69, 9.17) is 10.00 Å². The first-order chi connectivity index (χ1) is 8.24. The Hall–Kier alpha value is -1.10. The van der Waals surface area contributed by atoms with Crippen LogP contribution in [0.4, 0.5) is 8.78 Å². The number of morpholine rings is 1. The van der Waals surface area contributed by atoms with Crippen molar-refractivity contribution in [1.29, 1.82) is 5.26 Å². The van der Waals surface area contributed by atoms with Gasteiger partial charge in [-0.2, -0.15) is 5.26 Å². The van der Waals surface area contributed by atoms with E-state index in [-0.39, 0.29) is 5.69 Å². The van der Waals surface area contributed by atoms with Crippen molar-refractivity contribution in [2.24, 2.45) is 0 Å². The number of hydrogen-bond acceptors (Lipinski definition) is 5. The van der Waals surface area contributed by atoms with Crippen LogP contribution in [0.15, 0.2) is 5.51 Å². The smallest absolute Gasteiger partial charge is 0.281 e. The molecule has 0 radical (unpaired) electrons. The van der Waals surface area contributed by atoms with Crippen LogP contribution >= 0.6 is 11.3 Å². The third kappa shape index (κ3) is 2.60. The molecule has 1 fully saturated rings. The van der Waals surface area contributed by atoms with Gasteiger partial charge < -0.3 is 4.74 Å². The summed E-state index contributed by atoms with van der Waals surface area (Å²) in [5, 5.41) is 9.16. The SMILES string of the molecule is N#CC(c1scnc1C(F)F)N1CCOCC1. The molecule has 1 unspecified atom stereocenters. The molecule has 0 aliphatic carbocycles. The summed E-state index contributed by atoms with van der Waals surface area (Å²) in [6.45, 7) is 2.22. The molecule has 2 rings (SSSR count). The molecule has 1 aliphatic rings. The first kappa shape index (κ1) is 12.4. The zero-order valence-corrected chi connectivity index (χ0v) is 9.79. The Kier molecular flexibility index (Phi) is 3.99. The molecule has 1 aromatic rings. The molecule has 92 valence electrons. The first-order valence-electron chi connectivity index (χ1n) is 5.17. The summed E-state index contributed by atoms with van der Waals surface area (Å²) in [4.78, 5) is 5.84. The van der Waals surface area contributed by atoms with Gasteiger partial charge in [-0.15, -0.1) is 11.3 Å². The maximum absolute atomic E-state index is 12.7. The van der Waals surface area contributed by atoms with Crippen molar-refractivity contribution in [2.45, 2.75) is 12.5 Å². The molecule has 17 heavy (non-hydrogen) atoms. The minimum atomic E-state index is -2.63. The third-order valence-corrected chi connectivity index (χ3v) is 3.51. The van der Waals surface area contributed by atoms with E-state index in [1.807, 2.05) is 4.90 Å². The van der Waals surface area contributed by atoms with Crippen LogP contribution in [0.25, 0.3) is 0 Å². The molecule has 0 N–H and O–H groups in total. The predicted octanol–water partition coefficient (Wildman–Crippen LogP) is 1.98. The van der Waals surface area contributed by atoms with Crippen molar-refractivity contribution >= 4 is 11.3 Å². The van der Waals surface area contributed by atoms with E-state index in [0.29, 0.717) is 31.2 Å². The maximum Gasteiger partial charge on any atom is 0.281 e. The number of thiazole rings is 1. The van der Waals surface area contributed by atoms with Gasteiger partial charge in [0.15, 0.2) is 0 Å². The highest BCUT2D eigenvalue weighted by molar-refractivity contribution is 7.09. The first-order valence-corrected chi connectivity index (χ1v) is 6.05. The normalized spacial score (nSPS) is 19.2. The Morgan fingerprint density at radius 2 is 2.18 bits per heavy atom. The lowest BCUT2D eigenvalue weighted by Crippen LogP contribution is -2.38. The molecule has 0 amide bonds. The Balaban J connectivity index is 2.22. The van der Waals surface area contributed by atoms with Crippen molar-refractivity contribution in [1.82, 2.24) is 9.88 Å². The van der Waals surface area contributed by atoms with Crippen LogP contribution in [-0.2, 0) is 4.74 Å². The van der Waals surface area contributed by atoms with Crippen molar-refractivity contribution in [3.05, 3.63) is 16.1 Å². The van der Waals surface area contributed by atoms with E-state index >= 15 is 0 Å². The van der Waals surface area contributed by atoms with E-state index < -0.39 is 12.5 Å². The molecule has 7 heteroatoms. The monoisotopic (exact) mass is 259 g/mol. The Morgan fingerprint density at radius 1 is 1.47 bits per heavy atom. The molecule has 4 nitrogen and oxygen atoms in total. The number of hydrogen-bond donors (Lipinski definition) is 0. The van der Waals surface area contributed by atoms with Crippen LogP contribution in [-0.4, -0.2) is 36.2 Å². The second-order valence-electron chi connectivity index (χ2n) is 3.58. The minimum absolute atomic E-state index is 0.270. The minimum Gasteiger partial charge on any atom is -0.379 e. The van der Waals surface area contributed by atoms with E-state index in [0.717, 1.165) is 11.3 Å². The lowest BCUT2D eigenvalue weighted by Gasteiger charge is -2.30. The Morgan fingerprint density at radius 3 is 2.76 bits per heavy atom. The topological polar surface area (TPSA) is 49.2 Å². The summed E-state index contributed by atoms with van der Waals surface area (Å²) in [6.07, 6.45) is -2.63. The van der Waals surface area contributed by atoms with Crippen LogP contribution in [0.5, 0.6) is 0 Å².